The predicted molar refractivity (Wildman–Crippen MR) is 317 cm³/mol. The van der Waals surface area contributed by atoms with Crippen molar-refractivity contribution in [3.05, 3.63) is 179 Å². The fraction of sp³-hybridized carbons (Fsp3) is 0.400. The SMILES string of the molecule is CCCCCCc1cc(-c2ccc(-n3c4ccc(C(C)(C)C)cc4c4cc(C(C)(C)C)ccc43)cc2)c(CCCCCC)cc1-c1ccc(N(c2ccc(C(C)(C)C)cc2)c2ccc(C(C)(C)C)cc2)cc1. The molecule has 0 amide bonds. The quantitative estimate of drug-likeness (QED) is 0.0876. The molecule has 8 aromatic rings. The van der Waals surface area contributed by atoms with Gasteiger partial charge >= 0.3 is 0 Å². The topological polar surface area (TPSA) is 8.17 Å². The molecule has 0 spiro atoms. The maximum absolute atomic E-state index is 2.59. The molecule has 1 heterocycles. The van der Waals surface area contributed by atoms with Crippen LogP contribution in [0.15, 0.2) is 146 Å². The minimum atomic E-state index is 0.0634. The van der Waals surface area contributed by atoms with Crippen LogP contribution in [-0.2, 0) is 34.5 Å². The molecule has 0 atom stereocenters. The lowest BCUT2D eigenvalue weighted by atomic mass is 9.85. The normalized spacial score (nSPS) is 12.6. The number of unbranched alkanes of at least 4 members (excludes halogenated alkanes) is 6. The Morgan fingerprint density at radius 2 is 0.681 bits per heavy atom. The van der Waals surface area contributed by atoms with Gasteiger partial charge in [-0.25, -0.2) is 0 Å². The van der Waals surface area contributed by atoms with E-state index in [4.69, 9.17) is 0 Å². The first-order valence-electron chi connectivity index (χ1n) is 27.6. The molecule has 0 aliphatic rings. The van der Waals surface area contributed by atoms with Crippen molar-refractivity contribution in [1.29, 1.82) is 0 Å². The van der Waals surface area contributed by atoms with Gasteiger partial charge < -0.3 is 9.47 Å². The van der Waals surface area contributed by atoms with Crippen molar-refractivity contribution in [2.75, 3.05) is 4.90 Å². The van der Waals surface area contributed by atoms with Crippen molar-refractivity contribution >= 4 is 38.9 Å². The second-order valence-electron chi connectivity index (χ2n) is 25.1. The van der Waals surface area contributed by atoms with Gasteiger partial charge in [-0.1, -0.05) is 208 Å². The third-order valence-electron chi connectivity index (χ3n) is 15.3. The van der Waals surface area contributed by atoms with Crippen molar-refractivity contribution in [1.82, 2.24) is 4.57 Å². The number of anilines is 3. The van der Waals surface area contributed by atoms with Gasteiger partial charge in [0.15, 0.2) is 0 Å². The van der Waals surface area contributed by atoms with Gasteiger partial charge in [0.25, 0.3) is 0 Å². The van der Waals surface area contributed by atoms with Gasteiger partial charge in [-0.2, -0.15) is 0 Å². The molecule has 0 aliphatic carbocycles. The molecule has 0 bridgehead atoms. The van der Waals surface area contributed by atoms with Gasteiger partial charge in [-0.3, -0.25) is 0 Å². The summed E-state index contributed by atoms with van der Waals surface area (Å²) in [5.74, 6) is 0. The molecule has 7 aromatic carbocycles. The van der Waals surface area contributed by atoms with E-state index in [2.05, 4.69) is 252 Å². The smallest absolute Gasteiger partial charge is 0.0541 e. The van der Waals surface area contributed by atoms with Gasteiger partial charge in [0.2, 0.25) is 0 Å². The molecule has 0 aliphatic heterocycles. The van der Waals surface area contributed by atoms with Crippen LogP contribution < -0.4 is 4.90 Å². The summed E-state index contributed by atoms with van der Waals surface area (Å²) in [6.45, 7) is 32.3. The maximum Gasteiger partial charge on any atom is 0.0541 e. The lowest BCUT2D eigenvalue weighted by Gasteiger charge is -2.28. The first-order valence-corrected chi connectivity index (χ1v) is 27.6. The van der Waals surface area contributed by atoms with E-state index in [1.165, 1.54) is 152 Å². The summed E-state index contributed by atoms with van der Waals surface area (Å²) >= 11 is 0. The average molecular weight is 955 g/mol. The summed E-state index contributed by atoms with van der Waals surface area (Å²) in [5, 5.41) is 2.66. The van der Waals surface area contributed by atoms with Gasteiger partial charge in [-0.05, 0) is 176 Å². The zero-order valence-electron chi connectivity index (χ0n) is 46.8. The highest BCUT2D eigenvalue weighted by Crippen LogP contribution is 2.42. The highest BCUT2D eigenvalue weighted by Gasteiger charge is 2.23. The van der Waals surface area contributed by atoms with E-state index < -0.39 is 0 Å². The highest BCUT2D eigenvalue weighted by atomic mass is 15.1. The third kappa shape index (κ3) is 11.7. The fourth-order valence-corrected chi connectivity index (χ4v) is 10.6. The second-order valence-corrected chi connectivity index (χ2v) is 25.1. The minimum absolute atomic E-state index is 0.0634. The zero-order chi connectivity index (χ0) is 51.6. The molecule has 0 radical (unpaired) electrons. The van der Waals surface area contributed by atoms with Crippen LogP contribution in [0.1, 0.15) is 182 Å². The predicted octanol–water partition coefficient (Wildman–Crippen LogP) is 21.0. The first-order chi connectivity index (χ1) is 34.1. The van der Waals surface area contributed by atoms with E-state index in [1.54, 1.807) is 0 Å². The van der Waals surface area contributed by atoms with Crippen molar-refractivity contribution in [2.24, 2.45) is 0 Å². The van der Waals surface area contributed by atoms with Gasteiger partial charge in [-0.15, -0.1) is 0 Å². The number of hydrogen-bond donors (Lipinski definition) is 0. The van der Waals surface area contributed by atoms with Crippen LogP contribution >= 0.6 is 0 Å². The van der Waals surface area contributed by atoms with E-state index in [0.717, 1.165) is 12.8 Å². The minimum Gasteiger partial charge on any atom is -0.311 e. The van der Waals surface area contributed by atoms with Crippen LogP contribution in [0, 0.1) is 0 Å². The van der Waals surface area contributed by atoms with Crippen molar-refractivity contribution in [3.63, 3.8) is 0 Å². The van der Waals surface area contributed by atoms with Crippen LogP contribution in [0.25, 0.3) is 49.7 Å². The molecule has 2 heteroatoms. The molecule has 376 valence electrons. The zero-order valence-corrected chi connectivity index (χ0v) is 46.8. The standard InChI is InChI=1S/C70H86N2/c1-15-17-19-21-23-51-46-62(50-27-37-60(38-28-50)72-65-43-33-55(69(9,10)11)47-63(65)64-48-56(70(12,13)14)34-44-66(64)72)52(24-22-20-18-16-2)45-61(51)49-25-35-57(36-26-49)71(58-39-29-53(30-40-58)67(3,4)5)59-41-31-54(32-42-59)68(6,7)8/h25-48H,15-24H2,1-14H3. The third-order valence-corrected chi connectivity index (χ3v) is 15.3. The van der Waals surface area contributed by atoms with E-state index in [-0.39, 0.29) is 21.7 Å². The van der Waals surface area contributed by atoms with Crippen molar-refractivity contribution in [2.45, 2.75) is 183 Å². The molecule has 1 aromatic heterocycles. The lowest BCUT2D eigenvalue weighted by molar-refractivity contribution is 0.590. The molecule has 8 rings (SSSR count). The molecule has 0 saturated heterocycles. The molecular formula is C70H86N2. The molecular weight excluding hydrogens is 869 g/mol. The Bertz CT molecular complexity index is 2950. The number of hydrogen-bond acceptors (Lipinski definition) is 1. The lowest BCUT2D eigenvalue weighted by Crippen LogP contribution is -2.14. The van der Waals surface area contributed by atoms with Crippen LogP contribution in [0.3, 0.4) is 0 Å². The Morgan fingerprint density at radius 3 is 1.03 bits per heavy atom. The Kier molecular flexibility index (Phi) is 15.5. The van der Waals surface area contributed by atoms with E-state index in [0.29, 0.717) is 0 Å². The average Bonchev–Trinajstić information content (AvgIpc) is 3.67. The van der Waals surface area contributed by atoms with Crippen LogP contribution in [-0.4, -0.2) is 4.57 Å². The molecule has 2 nitrogen and oxygen atoms in total. The van der Waals surface area contributed by atoms with Crippen molar-refractivity contribution < 1.29 is 0 Å². The highest BCUT2D eigenvalue weighted by molar-refractivity contribution is 6.10. The molecule has 72 heavy (non-hydrogen) atoms. The molecule has 0 fully saturated rings. The van der Waals surface area contributed by atoms with Gasteiger partial charge in [0.1, 0.15) is 0 Å². The van der Waals surface area contributed by atoms with Gasteiger partial charge in [0, 0.05) is 33.5 Å². The van der Waals surface area contributed by atoms with E-state index in [1.807, 2.05) is 0 Å². The van der Waals surface area contributed by atoms with E-state index >= 15 is 0 Å². The van der Waals surface area contributed by atoms with Crippen molar-refractivity contribution in [3.8, 4) is 27.9 Å². The number of fused-ring (bicyclic) bond motifs is 3. The summed E-state index contributed by atoms with van der Waals surface area (Å²) in [7, 11) is 0. The Labute approximate surface area is 435 Å². The Morgan fingerprint density at radius 1 is 0.347 bits per heavy atom. The first kappa shape index (κ1) is 52.5. The summed E-state index contributed by atoms with van der Waals surface area (Å²) in [6.07, 6.45) is 12.0. The van der Waals surface area contributed by atoms with Gasteiger partial charge in [0.05, 0.1) is 11.0 Å². The van der Waals surface area contributed by atoms with Crippen LogP contribution in [0.5, 0.6) is 0 Å². The number of benzene rings is 7. The number of aromatic nitrogens is 1. The Balaban J connectivity index is 1.22. The monoisotopic (exact) mass is 955 g/mol. The maximum atomic E-state index is 2.59. The van der Waals surface area contributed by atoms with Crippen LogP contribution in [0.2, 0.25) is 0 Å². The number of nitrogens with zero attached hydrogens (tertiary/aromatic N) is 2. The summed E-state index contributed by atoms with van der Waals surface area (Å²) in [6, 6.07) is 56.9. The molecule has 0 unspecified atom stereocenters. The summed E-state index contributed by atoms with van der Waals surface area (Å²) < 4.78 is 2.49. The molecule has 0 saturated carbocycles. The number of rotatable bonds is 16. The van der Waals surface area contributed by atoms with E-state index in [9.17, 15) is 0 Å². The summed E-state index contributed by atoms with van der Waals surface area (Å²) in [4.78, 5) is 2.42. The molecule has 0 N–H and O–H groups in total. The largest absolute Gasteiger partial charge is 0.311 e. The summed E-state index contributed by atoms with van der Waals surface area (Å²) in [5.41, 5.74) is 21.2. The van der Waals surface area contributed by atoms with Crippen LogP contribution in [0.4, 0.5) is 17.1 Å². The number of aryl methyl sites for hydroxylation is 2. The second kappa shape index (κ2) is 21.3. The fourth-order valence-electron chi connectivity index (χ4n) is 10.6. The Hall–Kier alpha value is -5.86.